The second-order valence-electron chi connectivity index (χ2n) is 6.60. The van der Waals surface area contributed by atoms with Gasteiger partial charge in [-0.2, -0.15) is 0 Å². The maximum absolute atomic E-state index is 12.3. The van der Waals surface area contributed by atoms with E-state index in [1.54, 1.807) is 12.0 Å². The molecule has 0 spiro atoms. The molecule has 114 valence electrons. The lowest BCUT2D eigenvalue weighted by molar-refractivity contribution is -0.168. The van der Waals surface area contributed by atoms with Crippen LogP contribution < -0.4 is 0 Å². The number of methoxy groups -OCH3 is 1. The molecule has 4 unspecified atom stereocenters. The van der Waals surface area contributed by atoms with Crippen molar-refractivity contribution in [3.05, 3.63) is 0 Å². The predicted octanol–water partition coefficient (Wildman–Crippen LogP) is 1.60. The lowest BCUT2D eigenvalue weighted by atomic mass is 9.75. The molecule has 0 N–H and O–H groups in total. The molecule has 0 saturated carbocycles. The second kappa shape index (κ2) is 5.45. The quantitative estimate of drug-likeness (QED) is 0.738. The van der Waals surface area contributed by atoms with Crippen LogP contribution in [-0.2, 0) is 19.1 Å². The van der Waals surface area contributed by atoms with Gasteiger partial charge in [0.15, 0.2) is 0 Å². The summed E-state index contributed by atoms with van der Waals surface area (Å²) in [5, 5.41) is 0. The number of hydrogen-bond acceptors (Lipinski definition) is 4. The first kappa shape index (κ1) is 15.4. The molecular formula is C15H25NO4. The summed E-state index contributed by atoms with van der Waals surface area (Å²) in [4.78, 5) is 26.0. The summed E-state index contributed by atoms with van der Waals surface area (Å²) in [5.41, 5.74) is -0.514. The number of carbonyl (C=O) groups excluding carboxylic acids is 2. The van der Waals surface area contributed by atoms with Crippen LogP contribution in [0.4, 0.5) is 0 Å². The Hall–Kier alpha value is -0.940. The predicted molar refractivity (Wildman–Crippen MR) is 74.0 cm³/mol. The van der Waals surface area contributed by atoms with Gasteiger partial charge in [-0.1, -0.05) is 20.8 Å². The Labute approximate surface area is 120 Å². The van der Waals surface area contributed by atoms with Crippen molar-refractivity contribution in [1.29, 1.82) is 0 Å². The molecule has 2 rings (SSSR count). The van der Waals surface area contributed by atoms with Crippen LogP contribution in [0, 0.1) is 11.3 Å². The summed E-state index contributed by atoms with van der Waals surface area (Å²) in [6.07, 6.45) is 0.570. The van der Waals surface area contributed by atoms with Gasteiger partial charge in [-0.05, 0) is 19.3 Å². The van der Waals surface area contributed by atoms with Crippen LogP contribution in [0.25, 0.3) is 0 Å². The number of ketones is 1. The van der Waals surface area contributed by atoms with Crippen LogP contribution in [0.5, 0.6) is 0 Å². The smallest absolute Gasteiger partial charge is 0.232 e. The third-order valence-corrected chi connectivity index (χ3v) is 4.96. The van der Waals surface area contributed by atoms with Crippen LogP contribution in [-0.4, -0.2) is 48.7 Å². The normalized spacial score (nSPS) is 37.5. The zero-order chi connectivity index (χ0) is 15.1. The van der Waals surface area contributed by atoms with E-state index in [9.17, 15) is 9.59 Å². The molecule has 2 heterocycles. The third-order valence-electron chi connectivity index (χ3n) is 4.96. The van der Waals surface area contributed by atoms with Crippen LogP contribution in [0.1, 0.15) is 40.5 Å². The van der Waals surface area contributed by atoms with Gasteiger partial charge in [0.05, 0.1) is 19.1 Å². The minimum atomic E-state index is -0.514. The Balaban J connectivity index is 2.16. The van der Waals surface area contributed by atoms with E-state index < -0.39 is 5.41 Å². The maximum Gasteiger partial charge on any atom is 0.232 e. The number of likely N-dealkylation sites (tertiary alicyclic amines) is 1. The molecule has 0 radical (unpaired) electrons. The fraction of sp³-hybridized carbons (Fsp3) is 0.867. The van der Waals surface area contributed by atoms with Crippen LogP contribution in [0.2, 0.25) is 0 Å². The standard InChI is InChI=1S/C15H25NO4/c1-9-6-14(20-11(9)8-19-5)16-10(2)15(3,4)12(17)7-13(16)18/h9-11,14H,6-8H2,1-5H3. The topological polar surface area (TPSA) is 55.8 Å². The van der Waals surface area contributed by atoms with Gasteiger partial charge in [-0.15, -0.1) is 0 Å². The van der Waals surface area contributed by atoms with Crippen molar-refractivity contribution in [2.45, 2.75) is 58.9 Å². The first-order valence-electron chi connectivity index (χ1n) is 7.28. The molecule has 0 aromatic rings. The van der Waals surface area contributed by atoms with Gasteiger partial charge in [0.1, 0.15) is 12.0 Å². The number of Topliss-reactive ketones (excluding diaryl/α,β-unsaturated/α-hetero) is 1. The van der Waals surface area contributed by atoms with Crippen molar-refractivity contribution in [2.24, 2.45) is 11.3 Å². The van der Waals surface area contributed by atoms with Crippen molar-refractivity contribution < 1.29 is 19.1 Å². The Morgan fingerprint density at radius 3 is 2.60 bits per heavy atom. The number of amides is 1. The monoisotopic (exact) mass is 283 g/mol. The largest absolute Gasteiger partial charge is 0.382 e. The summed E-state index contributed by atoms with van der Waals surface area (Å²) < 4.78 is 11.2. The van der Waals surface area contributed by atoms with E-state index >= 15 is 0 Å². The van der Waals surface area contributed by atoms with Gasteiger partial charge in [-0.25, -0.2) is 0 Å². The number of carbonyl (C=O) groups is 2. The van der Waals surface area contributed by atoms with E-state index in [1.807, 2.05) is 20.8 Å². The molecule has 20 heavy (non-hydrogen) atoms. The molecular weight excluding hydrogens is 258 g/mol. The molecule has 4 atom stereocenters. The first-order chi connectivity index (χ1) is 9.28. The van der Waals surface area contributed by atoms with E-state index in [0.717, 1.165) is 6.42 Å². The molecule has 2 saturated heterocycles. The van der Waals surface area contributed by atoms with Crippen molar-refractivity contribution in [3.8, 4) is 0 Å². The Morgan fingerprint density at radius 1 is 1.35 bits per heavy atom. The molecule has 2 aliphatic heterocycles. The van der Waals surface area contributed by atoms with Gasteiger partial charge in [0.2, 0.25) is 5.91 Å². The minimum Gasteiger partial charge on any atom is -0.382 e. The fourth-order valence-electron chi connectivity index (χ4n) is 3.07. The third kappa shape index (κ3) is 2.49. The Kier molecular flexibility index (Phi) is 4.21. The zero-order valence-corrected chi connectivity index (χ0v) is 13.0. The highest BCUT2D eigenvalue weighted by atomic mass is 16.5. The average molecular weight is 283 g/mol. The SMILES string of the molecule is COCC1OC(N2C(=O)CC(=O)C(C)(C)C2C)CC1C. The second-order valence-corrected chi connectivity index (χ2v) is 6.60. The van der Waals surface area contributed by atoms with Crippen molar-refractivity contribution in [3.63, 3.8) is 0 Å². The van der Waals surface area contributed by atoms with Crippen LogP contribution in [0.15, 0.2) is 0 Å². The number of rotatable bonds is 3. The summed E-state index contributed by atoms with van der Waals surface area (Å²) >= 11 is 0. The van der Waals surface area contributed by atoms with Crippen molar-refractivity contribution in [2.75, 3.05) is 13.7 Å². The summed E-state index contributed by atoms with van der Waals surface area (Å²) in [5.74, 6) is 0.253. The lowest BCUT2D eigenvalue weighted by Crippen LogP contribution is -2.59. The van der Waals surface area contributed by atoms with E-state index in [0.29, 0.717) is 12.5 Å². The average Bonchev–Trinajstić information content (AvgIpc) is 2.69. The van der Waals surface area contributed by atoms with Gasteiger partial charge in [0.25, 0.3) is 0 Å². The number of piperidine rings is 1. The van der Waals surface area contributed by atoms with Crippen LogP contribution >= 0.6 is 0 Å². The lowest BCUT2D eigenvalue weighted by Gasteiger charge is -2.45. The minimum absolute atomic E-state index is 0.0134. The molecule has 0 aliphatic carbocycles. The molecule has 5 nitrogen and oxygen atoms in total. The maximum atomic E-state index is 12.3. The van der Waals surface area contributed by atoms with E-state index in [4.69, 9.17) is 9.47 Å². The highest BCUT2D eigenvalue weighted by molar-refractivity contribution is 6.03. The Morgan fingerprint density at radius 2 is 2.00 bits per heavy atom. The molecule has 2 aliphatic rings. The van der Waals surface area contributed by atoms with Crippen LogP contribution in [0.3, 0.4) is 0 Å². The zero-order valence-electron chi connectivity index (χ0n) is 13.0. The van der Waals surface area contributed by atoms with Crippen molar-refractivity contribution >= 4 is 11.7 Å². The van der Waals surface area contributed by atoms with Gasteiger partial charge < -0.3 is 14.4 Å². The fourth-order valence-corrected chi connectivity index (χ4v) is 3.07. The first-order valence-corrected chi connectivity index (χ1v) is 7.28. The summed E-state index contributed by atoms with van der Waals surface area (Å²) in [6.45, 7) is 8.40. The molecule has 1 amide bonds. The van der Waals surface area contributed by atoms with E-state index in [-0.39, 0.29) is 36.5 Å². The van der Waals surface area contributed by atoms with E-state index in [1.165, 1.54) is 0 Å². The number of ether oxygens (including phenoxy) is 2. The number of hydrogen-bond donors (Lipinski definition) is 0. The molecule has 0 aromatic carbocycles. The highest BCUT2D eigenvalue weighted by Gasteiger charge is 2.49. The molecule has 0 aromatic heterocycles. The summed E-state index contributed by atoms with van der Waals surface area (Å²) in [6, 6.07) is -0.144. The van der Waals surface area contributed by atoms with Gasteiger partial charge >= 0.3 is 0 Å². The Bertz CT molecular complexity index is 407. The van der Waals surface area contributed by atoms with Gasteiger partial charge in [-0.3, -0.25) is 9.59 Å². The molecule has 0 bridgehead atoms. The van der Waals surface area contributed by atoms with Gasteiger partial charge in [0, 0.05) is 18.6 Å². The van der Waals surface area contributed by atoms with E-state index in [2.05, 4.69) is 6.92 Å². The number of nitrogens with zero attached hydrogens (tertiary/aromatic N) is 1. The van der Waals surface area contributed by atoms with Crippen molar-refractivity contribution in [1.82, 2.24) is 4.90 Å². The highest BCUT2D eigenvalue weighted by Crippen LogP contribution is 2.38. The summed E-state index contributed by atoms with van der Waals surface area (Å²) in [7, 11) is 1.65. The molecule has 5 heteroatoms. The molecule has 2 fully saturated rings.